The fraction of sp³-hybridized carbons (Fsp3) is 0.353. The molecule has 1 heterocycles. The molecule has 110 valence electrons. The Morgan fingerprint density at radius 1 is 1.19 bits per heavy atom. The molecule has 2 aromatic rings. The van der Waals surface area contributed by atoms with Gasteiger partial charge in [-0.2, -0.15) is 0 Å². The molecular formula is C17H20N2OS. The minimum absolute atomic E-state index is 0.117. The summed E-state index contributed by atoms with van der Waals surface area (Å²) < 4.78 is 0. The van der Waals surface area contributed by atoms with Crippen LogP contribution < -0.4 is 5.32 Å². The van der Waals surface area contributed by atoms with Gasteiger partial charge in [0.25, 0.3) is 0 Å². The van der Waals surface area contributed by atoms with Crippen LogP contribution in [-0.2, 0) is 17.9 Å². The van der Waals surface area contributed by atoms with E-state index in [-0.39, 0.29) is 5.91 Å². The van der Waals surface area contributed by atoms with Gasteiger partial charge in [-0.25, -0.2) is 0 Å². The molecule has 3 rings (SSSR count). The topological polar surface area (TPSA) is 32.3 Å². The summed E-state index contributed by atoms with van der Waals surface area (Å²) in [6, 6.07) is 15.0. The largest absolute Gasteiger partial charge is 0.350 e. The molecule has 1 saturated carbocycles. The lowest BCUT2D eigenvalue weighted by Gasteiger charge is -2.21. The van der Waals surface area contributed by atoms with Gasteiger partial charge in [-0.1, -0.05) is 36.4 Å². The molecule has 1 aromatic carbocycles. The Bertz CT molecular complexity index is 564. The number of hydrogen-bond donors (Lipinski definition) is 1. The smallest absolute Gasteiger partial charge is 0.234 e. The Balaban J connectivity index is 1.51. The van der Waals surface area contributed by atoms with E-state index < -0.39 is 0 Å². The van der Waals surface area contributed by atoms with Crippen LogP contribution in [0.4, 0.5) is 0 Å². The number of rotatable bonds is 7. The Kier molecular flexibility index (Phi) is 4.68. The summed E-state index contributed by atoms with van der Waals surface area (Å²) in [6.45, 7) is 1.99. The summed E-state index contributed by atoms with van der Waals surface area (Å²) in [5.41, 5.74) is 1.27. The highest BCUT2D eigenvalue weighted by Gasteiger charge is 2.30. The highest BCUT2D eigenvalue weighted by molar-refractivity contribution is 7.09. The van der Waals surface area contributed by atoms with Crippen LogP contribution >= 0.6 is 11.3 Å². The monoisotopic (exact) mass is 300 g/mol. The van der Waals surface area contributed by atoms with Gasteiger partial charge in [-0.15, -0.1) is 11.3 Å². The first-order chi connectivity index (χ1) is 10.3. The maximum atomic E-state index is 12.1. The number of carbonyl (C=O) groups is 1. The summed E-state index contributed by atoms with van der Waals surface area (Å²) in [4.78, 5) is 15.6. The highest BCUT2D eigenvalue weighted by atomic mass is 32.1. The SMILES string of the molecule is O=C(CN(Cc1ccccc1)C1CC1)NCc1cccs1. The van der Waals surface area contributed by atoms with E-state index in [4.69, 9.17) is 0 Å². The molecule has 0 radical (unpaired) electrons. The highest BCUT2D eigenvalue weighted by Crippen LogP contribution is 2.28. The molecule has 1 N–H and O–H groups in total. The van der Waals surface area contributed by atoms with Crippen molar-refractivity contribution in [3.8, 4) is 0 Å². The van der Waals surface area contributed by atoms with E-state index in [0.29, 0.717) is 19.1 Å². The Hall–Kier alpha value is -1.65. The normalized spacial score (nSPS) is 14.3. The van der Waals surface area contributed by atoms with Crippen LogP contribution in [0.5, 0.6) is 0 Å². The van der Waals surface area contributed by atoms with Gasteiger partial charge in [0, 0.05) is 17.5 Å². The molecule has 0 aliphatic heterocycles. The predicted octanol–water partition coefficient (Wildman–Crippen LogP) is 3.03. The first-order valence-corrected chi connectivity index (χ1v) is 8.26. The number of nitrogens with one attached hydrogen (secondary N) is 1. The van der Waals surface area contributed by atoms with Crippen molar-refractivity contribution in [1.29, 1.82) is 0 Å². The zero-order valence-corrected chi connectivity index (χ0v) is 12.8. The minimum Gasteiger partial charge on any atom is -0.350 e. The molecule has 1 aromatic heterocycles. The van der Waals surface area contributed by atoms with E-state index in [1.807, 2.05) is 23.6 Å². The van der Waals surface area contributed by atoms with Crippen LogP contribution in [0.25, 0.3) is 0 Å². The van der Waals surface area contributed by atoms with E-state index in [9.17, 15) is 4.79 Å². The van der Waals surface area contributed by atoms with Crippen molar-refractivity contribution in [2.45, 2.75) is 32.0 Å². The molecule has 1 aliphatic carbocycles. The lowest BCUT2D eigenvalue weighted by Crippen LogP contribution is -2.37. The molecule has 3 nitrogen and oxygen atoms in total. The second-order valence-electron chi connectivity index (χ2n) is 5.48. The molecule has 0 saturated heterocycles. The summed E-state index contributed by atoms with van der Waals surface area (Å²) in [7, 11) is 0. The third-order valence-corrected chi connectivity index (χ3v) is 4.55. The third-order valence-electron chi connectivity index (χ3n) is 3.68. The first kappa shape index (κ1) is 14.3. The quantitative estimate of drug-likeness (QED) is 0.852. The predicted molar refractivity (Wildman–Crippen MR) is 86.0 cm³/mol. The van der Waals surface area contributed by atoms with Crippen LogP contribution in [-0.4, -0.2) is 23.4 Å². The van der Waals surface area contributed by atoms with E-state index in [2.05, 4.69) is 34.5 Å². The second kappa shape index (κ2) is 6.87. The zero-order valence-electron chi connectivity index (χ0n) is 12.0. The number of thiophene rings is 1. The second-order valence-corrected chi connectivity index (χ2v) is 6.51. The molecule has 0 atom stereocenters. The maximum Gasteiger partial charge on any atom is 0.234 e. The van der Waals surface area contributed by atoms with Gasteiger partial charge in [0.1, 0.15) is 0 Å². The standard InChI is InChI=1S/C17H20N2OS/c20-17(18-11-16-7-4-10-21-16)13-19(15-8-9-15)12-14-5-2-1-3-6-14/h1-7,10,15H,8-9,11-13H2,(H,18,20). The van der Waals surface area contributed by atoms with Crippen molar-refractivity contribution in [2.24, 2.45) is 0 Å². The van der Waals surface area contributed by atoms with Gasteiger partial charge in [-0.3, -0.25) is 9.69 Å². The molecule has 4 heteroatoms. The maximum absolute atomic E-state index is 12.1. The van der Waals surface area contributed by atoms with E-state index >= 15 is 0 Å². The van der Waals surface area contributed by atoms with Crippen LogP contribution in [0.15, 0.2) is 47.8 Å². The van der Waals surface area contributed by atoms with Gasteiger partial charge >= 0.3 is 0 Å². The fourth-order valence-corrected chi connectivity index (χ4v) is 3.06. The van der Waals surface area contributed by atoms with E-state index in [1.54, 1.807) is 11.3 Å². The molecule has 0 unspecified atom stereocenters. The lowest BCUT2D eigenvalue weighted by atomic mass is 10.2. The average Bonchev–Trinajstić information content (AvgIpc) is 3.22. The van der Waals surface area contributed by atoms with Crippen LogP contribution in [0.1, 0.15) is 23.3 Å². The van der Waals surface area contributed by atoms with Gasteiger partial charge in [0.2, 0.25) is 5.91 Å². The lowest BCUT2D eigenvalue weighted by molar-refractivity contribution is -0.122. The van der Waals surface area contributed by atoms with E-state index in [0.717, 1.165) is 6.54 Å². The summed E-state index contributed by atoms with van der Waals surface area (Å²) in [5.74, 6) is 0.117. The Labute approximate surface area is 129 Å². The van der Waals surface area contributed by atoms with Crippen molar-refractivity contribution in [1.82, 2.24) is 10.2 Å². The number of amides is 1. The molecule has 0 bridgehead atoms. The van der Waals surface area contributed by atoms with Crippen LogP contribution in [0, 0.1) is 0 Å². The Morgan fingerprint density at radius 3 is 2.67 bits per heavy atom. The molecule has 1 aliphatic rings. The van der Waals surface area contributed by atoms with Crippen molar-refractivity contribution in [2.75, 3.05) is 6.54 Å². The van der Waals surface area contributed by atoms with Crippen molar-refractivity contribution in [3.63, 3.8) is 0 Å². The number of nitrogens with zero attached hydrogens (tertiary/aromatic N) is 1. The third kappa shape index (κ3) is 4.41. The number of carbonyl (C=O) groups excluding carboxylic acids is 1. The molecule has 1 amide bonds. The van der Waals surface area contributed by atoms with Crippen LogP contribution in [0.2, 0.25) is 0 Å². The Morgan fingerprint density at radius 2 is 2.00 bits per heavy atom. The molecule has 0 spiro atoms. The number of benzene rings is 1. The van der Waals surface area contributed by atoms with Crippen molar-refractivity contribution >= 4 is 17.2 Å². The van der Waals surface area contributed by atoms with E-state index in [1.165, 1.54) is 23.3 Å². The summed E-state index contributed by atoms with van der Waals surface area (Å²) >= 11 is 1.68. The minimum atomic E-state index is 0.117. The van der Waals surface area contributed by atoms with Gasteiger partial charge in [0.15, 0.2) is 0 Å². The van der Waals surface area contributed by atoms with Gasteiger partial charge in [-0.05, 0) is 29.9 Å². The number of hydrogen-bond acceptors (Lipinski definition) is 3. The average molecular weight is 300 g/mol. The summed E-state index contributed by atoms with van der Waals surface area (Å²) in [5, 5.41) is 5.05. The molecular weight excluding hydrogens is 280 g/mol. The zero-order chi connectivity index (χ0) is 14.5. The van der Waals surface area contributed by atoms with Crippen molar-refractivity contribution < 1.29 is 4.79 Å². The van der Waals surface area contributed by atoms with Crippen LogP contribution in [0.3, 0.4) is 0 Å². The summed E-state index contributed by atoms with van der Waals surface area (Å²) in [6.07, 6.45) is 2.43. The van der Waals surface area contributed by atoms with Gasteiger partial charge < -0.3 is 5.32 Å². The molecule has 21 heavy (non-hydrogen) atoms. The van der Waals surface area contributed by atoms with Gasteiger partial charge in [0.05, 0.1) is 13.1 Å². The first-order valence-electron chi connectivity index (χ1n) is 7.38. The van der Waals surface area contributed by atoms with Crippen molar-refractivity contribution in [3.05, 3.63) is 58.3 Å². The molecule has 1 fully saturated rings. The fourth-order valence-electron chi connectivity index (χ4n) is 2.41.